The van der Waals surface area contributed by atoms with Crippen molar-refractivity contribution in [2.45, 2.75) is 6.42 Å². The van der Waals surface area contributed by atoms with Crippen LogP contribution in [0.2, 0.25) is 0 Å². The van der Waals surface area contributed by atoms with Gasteiger partial charge in [-0.15, -0.1) is 0 Å². The molecule has 1 saturated heterocycles. The summed E-state index contributed by atoms with van der Waals surface area (Å²) in [5.41, 5.74) is 1.88. The Hall–Kier alpha value is -3.53. The van der Waals surface area contributed by atoms with E-state index in [1.165, 1.54) is 0 Å². The van der Waals surface area contributed by atoms with Gasteiger partial charge in [0.25, 0.3) is 0 Å². The maximum Gasteiger partial charge on any atom is 0.233 e. The van der Waals surface area contributed by atoms with Gasteiger partial charge in [-0.25, -0.2) is 0 Å². The molecule has 1 aliphatic heterocycles. The van der Waals surface area contributed by atoms with Crippen LogP contribution in [-0.4, -0.2) is 50.0 Å². The van der Waals surface area contributed by atoms with Crippen LogP contribution in [-0.2, 0) is 9.59 Å². The number of benzene rings is 2. The highest BCUT2D eigenvalue weighted by atomic mass is 16.5. The molecule has 7 heteroatoms. The fraction of sp³-hybridized carbons (Fsp3) is 0.286. The van der Waals surface area contributed by atoms with Crippen LogP contribution in [0.15, 0.2) is 48.5 Å². The number of piperazine rings is 1. The van der Waals surface area contributed by atoms with Crippen LogP contribution in [0.5, 0.6) is 5.75 Å². The van der Waals surface area contributed by atoms with Crippen molar-refractivity contribution in [2.75, 3.05) is 43.5 Å². The lowest BCUT2D eigenvalue weighted by Crippen LogP contribution is -2.49. The first-order valence-electron chi connectivity index (χ1n) is 9.06. The molecule has 0 bridgehead atoms. The highest BCUT2D eigenvalue weighted by molar-refractivity contribution is 6.04. The summed E-state index contributed by atoms with van der Waals surface area (Å²) in [6, 6.07) is 16.6. The molecule has 0 aromatic heterocycles. The van der Waals surface area contributed by atoms with Gasteiger partial charge in [-0.1, -0.05) is 12.1 Å². The van der Waals surface area contributed by atoms with Crippen LogP contribution in [0.25, 0.3) is 0 Å². The molecular formula is C21H22N4O3. The van der Waals surface area contributed by atoms with E-state index in [1.807, 2.05) is 30.3 Å². The van der Waals surface area contributed by atoms with Gasteiger partial charge in [0.05, 0.1) is 18.4 Å². The van der Waals surface area contributed by atoms with Gasteiger partial charge >= 0.3 is 0 Å². The Morgan fingerprint density at radius 1 is 1.07 bits per heavy atom. The average Bonchev–Trinajstić information content (AvgIpc) is 2.74. The van der Waals surface area contributed by atoms with Crippen LogP contribution in [0.1, 0.15) is 12.0 Å². The molecule has 3 rings (SSSR count). The van der Waals surface area contributed by atoms with Crippen molar-refractivity contribution in [2.24, 2.45) is 0 Å². The molecule has 1 N–H and O–H groups in total. The summed E-state index contributed by atoms with van der Waals surface area (Å²) in [6.45, 7) is 2.54. The van der Waals surface area contributed by atoms with Gasteiger partial charge in [0.1, 0.15) is 18.2 Å². The zero-order valence-corrected chi connectivity index (χ0v) is 15.7. The number of methoxy groups -OCH3 is 1. The van der Waals surface area contributed by atoms with E-state index in [-0.39, 0.29) is 12.3 Å². The summed E-state index contributed by atoms with van der Waals surface area (Å²) in [5.74, 6) is 0.188. The summed E-state index contributed by atoms with van der Waals surface area (Å²) in [7, 11) is 1.63. The molecule has 1 aliphatic rings. The van der Waals surface area contributed by atoms with Crippen molar-refractivity contribution in [3.63, 3.8) is 0 Å². The first-order valence-corrected chi connectivity index (χ1v) is 9.06. The van der Waals surface area contributed by atoms with Crippen molar-refractivity contribution in [1.29, 1.82) is 5.26 Å². The Morgan fingerprint density at radius 3 is 2.39 bits per heavy atom. The molecule has 1 heterocycles. The third-order valence-corrected chi connectivity index (χ3v) is 4.70. The van der Waals surface area contributed by atoms with E-state index in [9.17, 15) is 9.59 Å². The lowest BCUT2D eigenvalue weighted by Gasteiger charge is -2.36. The second-order valence-corrected chi connectivity index (χ2v) is 6.45. The fourth-order valence-corrected chi connectivity index (χ4v) is 3.14. The molecule has 0 saturated carbocycles. The summed E-state index contributed by atoms with van der Waals surface area (Å²) in [5, 5.41) is 11.7. The smallest absolute Gasteiger partial charge is 0.233 e. The average molecular weight is 378 g/mol. The minimum Gasteiger partial charge on any atom is -0.497 e. The molecule has 0 radical (unpaired) electrons. The highest BCUT2D eigenvalue weighted by Crippen LogP contribution is 2.21. The summed E-state index contributed by atoms with van der Waals surface area (Å²) >= 11 is 0. The first kappa shape index (κ1) is 19.2. The molecule has 28 heavy (non-hydrogen) atoms. The topological polar surface area (TPSA) is 85.7 Å². The molecule has 1 fully saturated rings. The number of nitrogens with one attached hydrogen (secondary N) is 1. The van der Waals surface area contributed by atoms with Crippen LogP contribution in [0, 0.1) is 11.3 Å². The maximum atomic E-state index is 12.4. The normalized spacial score (nSPS) is 13.6. The van der Waals surface area contributed by atoms with E-state index in [0.717, 1.165) is 11.4 Å². The third kappa shape index (κ3) is 4.60. The first-order chi connectivity index (χ1) is 13.6. The molecule has 7 nitrogen and oxygen atoms in total. The lowest BCUT2D eigenvalue weighted by molar-refractivity contribution is -0.134. The number of amides is 2. The molecule has 2 aromatic carbocycles. The fourth-order valence-electron chi connectivity index (χ4n) is 3.14. The van der Waals surface area contributed by atoms with Crippen molar-refractivity contribution in [3.05, 3.63) is 54.1 Å². The Bertz CT molecular complexity index is 881. The number of para-hydroxylation sites is 1. The molecule has 0 unspecified atom stereocenters. The van der Waals surface area contributed by atoms with E-state index < -0.39 is 5.91 Å². The van der Waals surface area contributed by atoms with Gasteiger partial charge in [-0.05, 0) is 36.4 Å². The number of hydrogen-bond acceptors (Lipinski definition) is 5. The van der Waals surface area contributed by atoms with Crippen LogP contribution >= 0.6 is 0 Å². The number of hydrogen-bond donors (Lipinski definition) is 1. The van der Waals surface area contributed by atoms with E-state index >= 15 is 0 Å². The number of nitriles is 1. The minimum absolute atomic E-state index is 0.207. The Morgan fingerprint density at radius 2 is 1.75 bits per heavy atom. The number of ether oxygens (including phenoxy) is 1. The minimum atomic E-state index is -0.412. The Balaban J connectivity index is 1.50. The van der Waals surface area contributed by atoms with Crippen LogP contribution < -0.4 is 15.0 Å². The number of nitrogens with zero attached hydrogens (tertiary/aromatic N) is 3. The predicted octanol–water partition coefficient (Wildman–Crippen LogP) is 2.24. The lowest BCUT2D eigenvalue weighted by atomic mass is 10.2. The van der Waals surface area contributed by atoms with Crippen LogP contribution in [0.4, 0.5) is 11.4 Å². The van der Waals surface area contributed by atoms with E-state index in [1.54, 1.807) is 36.3 Å². The standard InChI is InChI=1S/C21H22N4O3/c1-28-18-8-6-17(7-9-18)24-10-12-25(13-11-24)21(27)14-20(26)23-19-5-3-2-4-16(19)15-22/h2-9H,10-14H2,1H3,(H,23,26). The largest absolute Gasteiger partial charge is 0.497 e. The quantitative estimate of drug-likeness (QED) is 0.807. The van der Waals surface area contributed by atoms with Gasteiger partial charge < -0.3 is 19.9 Å². The molecular weight excluding hydrogens is 356 g/mol. The maximum absolute atomic E-state index is 12.4. The SMILES string of the molecule is COc1ccc(N2CCN(C(=O)CC(=O)Nc3ccccc3C#N)CC2)cc1. The highest BCUT2D eigenvalue weighted by Gasteiger charge is 2.23. The second kappa shape index (κ2) is 8.91. The number of carbonyl (C=O) groups is 2. The van der Waals surface area contributed by atoms with Crippen molar-refractivity contribution >= 4 is 23.2 Å². The Kier molecular flexibility index (Phi) is 6.12. The van der Waals surface area contributed by atoms with E-state index in [4.69, 9.17) is 10.00 Å². The molecule has 0 atom stereocenters. The molecule has 2 aromatic rings. The summed E-state index contributed by atoms with van der Waals surface area (Å²) in [4.78, 5) is 28.5. The van der Waals surface area contributed by atoms with Crippen LogP contribution in [0.3, 0.4) is 0 Å². The number of anilines is 2. The molecule has 0 spiro atoms. The van der Waals surface area contributed by atoms with Gasteiger partial charge in [-0.2, -0.15) is 5.26 Å². The van der Waals surface area contributed by atoms with Crippen molar-refractivity contribution in [3.8, 4) is 11.8 Å². The Labute approximate surface area is 164 Å². The molecule has 2 amide bonds. The van der Waals surface area contributed by atoms with Crippen molar-refractivity contribution in [1.82, 2.24) is 4.90 Å². The van der Waals surface area contributed by atoms with Crippen molar-refractivity contribution < 1.29 is 14.3 Å². The second-order valence-electron chi connectivity index (χ2n) is 6.45. The monoisotopic (exact) mass is 378 g/mol. The van der Waals surface area contributed by atoms with E-state index in [0.29, 0.717) is 37.4 Å². The van der Waals surface area contributed by atoms with Gasteiger partial charge in [0, 0.05) is 31.9 Å². The predicted molar refractivity (Wildman–Crippen MR) is 106 cm³/mol. The third-order valence-electron chi connectivity index (χ3n) is 4.70. The van der Waals surface area contributed by atoms with E-state index in [2.05, 4.69) is 10.2 Å². The zero-order chi connectivity index (χ0) is 19.9. The summed E-state index contributed by atoms with van der Waals surface area (Å²) < 4.78 is 5.17. The molecule has 144 valence electrons. The van der Waals surface area contributed by atoms with Gasteiger partial charge in [0.2, 0.25) is 11.8 Å². The summed E-state index contributed by atoms with van der Waals surface area (Å²) in [6.07, 6.45) is -0.234. The molecule has 0 aliphatic carbocycles. The number of carbonyl (C=O) groups excluding carboxylic acids is 2. The zero-order valence-electron chi connectivity index (χ0n) is 15.7. The van der Waals surface area contributed by atoms with Gasteiger partial charge in [0.15, 0.2) is 0 Å². The number of rotatable bonds is 5. The van der Waals surface area contributed by atoms with Gasteiger partial charge in [-0.3, -0.25) is 9.59 Å².